The summed E-state index contributed by atoms with van der Waals surface area (Å²) in [4.78, 5) is 12.1. The lowest BCUT2D eigenvalue weighted by Gasteiger charge is -2.04. The maximum Gasteiger partial charge on any atom is 0.251 e. The van der Waals surface area contributed by atoms with Gasteiger partial charge < -0.3 is 0 Å². The van der Waals surface area contributed by atoms with Crippen molar-refractivity contribution in [3.63, 3.8) is 0 Å². The lowest BCUT2D eigenvalue weighted by Crippen LogP contribution is -2.14. The van der Waals surface area contributed by atoms with Crippen molar-refractivity contribution in [1.82, 2.24) is 0 Å². The Bertz CT molecular complexity index is 579. The summed E-state index contributed by atoms with van der Waals surface area (Å²) in [6, 6.07) is 8.00. The molecule has 0 radical (unpaired) electrons. The quantitative estimate of drug-likeness (QED) is 0.328. The van der Waals surface area contributed by atoms with Crippen LogP contribution in [-0.2, 0) is 14.6 Å². The molecule has 1 rings (SSSR count). The number of carbonyl (C=O) groups excluding carboxylic acids is 1. The van der Waals surface area contributed by atoms with Gasteiger partial charge in [0.15, 0.2) is 0 Å². The largest absolute Gasteiger partial charge is 0.281 e. The predicted octanol–water partition coefficient (Wildman–Crippen LogP) is 6.47. The summed E-state index contributed by atoms with van der Waals surface area (Å²) in [7, 11) is -3.79. The van der Waals surface area contributed by atoms with Gasteiger partial charge in [-0.15, -0.1) is 0 Å². The standard InChI is InChI=1S/C22H36O3S/c1-2-3-4-5-6-7-8-9-10-11-12-13-17-20-22(23)26(24,25)21-18-15-14-16-19-21/h14-16,18-19H,2-13,17,20H2,1H3. The van der Waals surface area contributed by atoms with Gasteiger partial charge in [0.25, 0.3) is 5.12 Å². The first-order valence-electron chi connectivity index (χ1n) is 10.4. The average molecular weight is 381 g/mol. The fourth-order valence-corrected chi connectivity index (χ4v) is 4.34. The van der Waals surface area contributed by atoms with Gasteiger partial charge in [-0.05, 0) is 18.6 Å². The Morgan fingerprint density at radius 2 is 1.12 bits per heavy atom. The van der Waals surface area contributed by atoms with E-state index < -0.39 is 15.0 Å². The molecule has 1 aromatic rings. The minimum Gasteiger partial charge on any atom is -0.281 e. The maximum atomic E-state index is 12.1. The number of unbranched alkanes of at least 4 members (excludes halogenated alkanes) is 12. The Balaban J connectivity index is 2.00. The molecule has 0 N–H and O–H groups in total. The Hall–Kier alpha value is -1.16. The first kappa shape index (κ1) is 22.9. The van der Waals surface area contributed by atoms with Gasteiger partial charge in [0.1, 0.15) is 0 Å². The number of hydrogen-bond donors (Lipinski definition) is 0. The molecule has 0 aromatic heterocycles. The molecule has 0 saturated carbocycles. The first-order chi connectivity index (χ1) is 12.6. The van der Waals surface area contributed by atoms with Gasteiger partial charge >= 0.3 is 0 Å². The first-order valence-corrected chi connectivity index (χ1v) is 11.9. The van der Waals surface area contributed by atoms with E-state index in [1.54, 1.807) is 18.2 Å². The van der Waals surface area contributed by atoms with E-state index in [0.717, 1.165) is 12.8 Å². The Labute approximate surface area is 160 Å². The predicted molar refractivity (Wildman–Crippen MR) is 109 cm³/mol. The summed E-state index contributed by atoms with van der Waals surface area (Å²) in [5.41, 5.74) is 0. The van der Waals surface area contributed by atoms with Crippen molar-refractivity contribution in [3.05, 3.63) is 30.3 Å². The van der Waals surface area contributed by atoms with Crippen LogP contribution < -0.4 is 0 Å². The molecule has 148 valence electrons. The molecule has 0 spiro atoms. The summed E-state index contributed by atoms with van der Waals surface area (Å²) in [6.07, 6.45) is 16.1. The third kappa shape index (κ3) is 9.51. The van der Waals surface area contributed by atoms with Gasteiger partial charge in [-0.1, -0.05) is 102 Å². The number of rotatable bonds is 15. The van der Waals surface area contributed by atoms with Gasteiger partial charge in [-0.2, -0.15) is 0 Å². The third-order valence-corrected chi connectivity index (χ3v) is 6.53. The Morgan fingerprint density at radius 1 is 0.692 bits per heavy atom. The molecule has 0 amide bonds. The highest BCUT2D eigenvalue weighted by Gasteiger charge is 2.23. The van der Waals surface area contributed by atoms with Crippen LogP contribution in [0.3, 0.4) is 0 Å². The second kappa shape index (κ2) is 14.0. The van der Waals surface area contributed by atoms with Crippen LogP contribution in [0, 0.1) is 0 Å². The highest BCUT2D eigenvalue weighted by molar-refractivity contribution is 8.06. The zero-order valence-electron chi connectivity index (χ0n) is 16.4. The van der Waals surface area contributed by atoms with Gasteiger partial charge in [0.05, 0.1) is 4.90 Å². The molecular formula is C22H36O3S. The number of sulfone groups is 1. The fourth-order valence-electron chi connectivity index (χ4n) is 3.15. The maximum absolute atomic E-state index is 12.1. The molecule has 0 bridgehead atoms. The number of benzene rings is 1. The average Bonchev–Trinajstić information content (AvgIpc) is 2.66. The second-order valence-electron chi connectivity index (χ2n) is 7.18. The van der Waals surface area contributed by atoms with Crippen LogP contribution in [0.2, 0.25) is 0 Å². The van der Waals surface area contributed by atoms with Gasteiger partial charge in [0, 0.05) is 6.42 Å². The normalized spacial score (nSPS) is 11.6. The molecule has 0 saturated heterocycles. The topological polar surface area (TPSA) is 51.2 Å². The molecule has 4 heteroatoms. The van der Waals surface area contributed by atoms with E-state index in [-0.39, 0.29) is 11.3 Å². The van der Waals surface area contributed by atoms with Crippen molar-refractivity contribution < 1.29 is 13.2 Å². The summed E-state index contributed by atoms with van der Waals surface area (Å²) in [6.45, 7) is 2.25. The molecule has 0 atom stereocenters. The molecule has 0 aliphatic rings. The van der Waals surface area contributed by atoms with Crippen LogP contribution in [0.4, 0.5) is 0 Å². The van der Waals surface area contributed by atoms with E-state index in [9.17, 15) is 13.2 Å². The van der Waals surface area contributed by atoms with E-state index in [2.05, 4.69) is 6.92 Å². The van der Waals surface area contributed by atoms with Crippen molar-refractivity contribution >= 4 is 15.0 Å². The molecule has 26 heavy (non-hydrogen) atoms. The third-order valence-electron chi connectivity index (χ3n) is 4.84. The van der Waals surface area contributed by atoms with Gasteiger partial charge in [-0.25, -0.2) is 8.42 Å². The van der Waals surface area contributed by atoms with Crippen LogP contribution in [0.25, 0.3) is 0 Å². The van der Waals surface area contributed by atoms with Gasteiger partial charge in [-0.3, -0.25) is 4.79 Å². The van der Waals surface area contributed by atoms with Crippen molar-refractivity contribution in [2.75, 3.05) is 0 Å². The van der Waals surface area contributed by atoms with Crippen LogP contribution >= 0.6 is 0 Å². The van der Waals surface area contributed by atoms with Crippen LogP contribution in [-0.4, -0.2) is 13.5 Å². The van der Waals surface area contributed by atoms with Crippen LogP contribution in [0.15, 0.2) is 35.2 Å². The molecule has 3 nitrogen and oxygen atoms in total. The summed E-state index contributed by atoms with van der Waals surface area (Å²) >= 11 is 0. The Kier molecular flexibility index (Phi) is 12.3. The summed E-state index contributed by atoms with van der Waals surface area (Å²) in [5, 5.41) is -0.647. The lowest BCUT2D eigenvalue weighted by molar-refractivity contribution is -0.111. The molecule has 0 heterocycles. The SMILES string of the molecule is CCCCCCCCCCCCCCCC(=O)S(=O)(=O)c1ccccc1. The molecule has 0 aliphatic heterocycles. The summed E-state index contributed by atoms with van der Waals surface area (Å²) in [5.74, 6) is 0. The van der Waals surface area contributed by atoms with Gasteiger partial charge in [0.2, 0.25) is 9.84 Å². The minimum absolute atomic E-state index is 0.111. The van der Waals surface area contributed by atoms with Crippen molar-refractivity contribution in [2.24, 2.45) is 0 Å². The van der Waals surface area contributed by atoms with E-state index in [0.29, 0.717) is 6.42 Å². The minimum atomic E-state index is -3.79. The Morgan fingerprint density at radius 3 is 1.58 bits per heavy atom. The van der Waals surface area contributed by atoms with Crippen molar-refractivity contribution in [1.29, 1.82) is 0 Å². The second-order valence-corrected chi connectivity index (χ2v) is 9.11. The summed E-state index contributed by atoms with van der Waals surface area (Å²) < 4.78 is 24.3. The molecule has 1 aromatic carbocycles. The highest BCUT2D eigenvalue weighted by atomic mass is 32.2. The fraction of sp³-hybridized carbons (Fsp3) is 0.682. The zero-order chi connectivity index (χ0) is 19.1. The van der Waals surface area contributed by atoms with Crippen molar-refractivity contribution in [3.8, 4) is 0 Å². The molecular weight excluding hydrogens is 344 g/mol. The lowest BCUT2D eigenvalue weighted by atomic mass is 10.0. The highest BCUT2D eigenvalue weighted by Crippen LogP contribution is 2.16. The number of carbonyl (C=O) groups is 1. The number of hydrogen-bond acceptors (Lipinski definition) is 3. The van der Waals surface area contributed by atoms with E-state index in [1.807, 2.05) is 0 Å². The van der Waals surface area contributed by atoms with E-state index in [1.165, 1.54) is 76.3 Å². The van der Waals surface area contributed by atoms with E-state index in [4.69, 9.17) is 0 Å². The monoisotopic (exact) mass is 380 g/mol. The van der Waals surface area contributed by atoms with Crippen molar-refractivity contribution in [2.45, 2.75) is 102 Å². The van der Waals surface area contributed by atoms with Crippen LogP contribution in [0.1, 0.15) is 96.8 Å². The smallest absolute Gasteiger partial charge is 0.251 e. The molecule has 0 aliphatic carbocycles. The van der Waals surface area contributed by atoms with E-state index >= 15 is 0 Å². The zero-order valence-corrected chi connectivity index (χ0v) is 17.2. The molecule has 0 fully saturated rings. The van der Waals surface area contributed by atoms with Crippen LogP contribution in [0.5, 0.6) is 0 Å². The molecule has 0 unspecified atom stereocenters.